The van der Waals surface area contributed by atoms with Crippen molar-refractivity contribution < 1.29 is 0 Å². The van der Waals surface area contributed by atoms with Crippen molar-refractivity contribution in [3.05, 3.63) is 57.6 Å². The summed E-state index contributed by atoms with van der Waals surface area (Å²) in [6.07, 6.45) is 1.76. The fraction of sp³-hybridized carbons (Fsp3) is 0.286. The van der Waals surface area contributed by atoms with Crippen LogP contribution in [0.4, 0.5) is 0 Å². The highest BCUT2D eigenvalue weighted by molar-refractivity contribution is 7.71. The number of nitrogens with one attached hydrogen (secondary N) is 1. The number of aromatic amines is 1. The lowest BCUT2D eigenvalue weighted by Gasteiger charge is -2.06. The van der Waals surface area contributed by atoms with E-state index in [1.54, 1.807) is 0 Å². The second-order valence-electron chi connectivity index (χ2n) is 4.15. The first-order valence-electron chi connectivity index (χ1n) is 5.82. The molecule has 2 rings (SSSR count). The Balaban J connectivity index is 2.33. The standard InChI is InChI=1S/C14H16N2S/c1-3-12-9-14(17)16-13(15-12)8-11-7-5-4-6-10(11)2/h4-7,9H,3,8H2,1-2H3,(H,15,16,17). The number of aryl methyl sites for hydroxylation is 2. The van der Waals surface area contributed by atoms with Crippen molar-refractivity contribution in [1.29, 1.82) is 0 Å². The second-order valence-corrected chi connectivity index (χ2v) is 4.57. The van der Waals surface area contributed by atoms with Crippen molar-refractivity contribution in [2.24, 2.45) is 0 Å². The predicted molar refractivity (Wildman–Crippen MR) is 72.8 cm³/mol. The summed E-state index contributed by atoms with van der Waals surface area (Å²) < 4.78 is 0.671. The van der Waals surface area contributed by atoms with Crippen LogP contribution >= 0.6 is 12.2 Å². The molecular weight excluding hydrogens is 228 g/mol. The number of nitrogens with zero attached hydrogens (tertiary/aromatic N) is 1. The van der Waals surface area contributed by atoms with Crippen LogP contribution in [0.1, 0.15) is 29.6 Å². The zero-order valence-corrected chi connectivity index (χ0v) is 11.0. The Hall–Kier alpha value is -1.48. The van der Waals surface area contributed by atoms with E-state index in [2.05, 4.69) is 48.1 Å². The van der Waals surface area contributed by atoms with Crippen LogP contribution < -0.4 is 0 Å². The van der Waals surface area contributed by atoms with E-state index in [0.717, 1.165) is 24.4 Å². The third kappa shape index (κ3) is 3.01. The van der Waals surface area contributed by atoms with Crippen LogP contribution in [0.3, 0.4) is 0 Å². The van der Waals surface area contributed by atoms with Gasteiger partial charge in [-0.1, -0.05) is 43.4 Å². The maximum Gasteiger partial charge on any atom is 0.130 e. The van der Waals surface area contributed by atoms with Crippen LogP contribution in [-0.2, 0) is 12.8 Å². The van der Waals surface area contributed by atoms with E-state index in [0.29, 0.717) is 4.64 Å². The Morgan fingerprint density at radius 3 is 2.76 bits per heavy atom. The summed E-state index contributed by atoms with van der Waals surface area (Å²) in [5.74, 6) is 0.948. The minimum absolute atomic E-state index is 0.671. The third-order valence-electron chi connectivity index (χ3n) is 2.85. The number of benzene rings is 1. The van der Waals surface area contributed by atoms with Gasteiger partial charge in [0.2, 0.25) is 0 Å². The Kier molecular flexibility index (Phi) is 3.69. The van der Waals surface area contributed by atoms with Crippen LogP contribution in [-0.4, -0.2) is 9.97 Å². The van der Waals surface area contributed by atoms with E-state index in [1.807, 2.05) is 6.07 Å². The molecule has 2 aromatic rings. The molecule has 1 aromatic carbocycles. The SMILES string of the molecule is CCc1cc(=S)nc(Cc2ccccc2C)[nH]1. The van der Waals surface area contributed by atoms with Gasteiger partial charge in [0.15, 0.2) is 0 Å². The van der Waals surface area contributed by atoms with Crippen molar-refractivity contribution in [3.63, 3.8) is 0 Å². The maximum absolute atomic E-state index is 5.17. The van der Waals surface area contributed by atoms with Crippen LogP contribution in [0, 0.1) is 11.6 Å². The average Bonchev–Trinajstić information content (AvgIpc) is 2.31. The molecule has 3 heteroatoms. The lowest BCUT2D eigenvalue weighted by atomic mass is 10.1. The quantitative estimate of drug-likeness (QED) is 0.836. The number of rotatable bonds is 3. The Morgan fingerprint density at radius 2 is 2.06 bits per heavy atom. The largest absolute Gasteiger partial charge is 0.347 e. The van der Waals surface area contributed by atoms with E-state index < -0.39 is 0 Å². The molecule has 2 nitrogen and oxygen atoms in total. The summed E-state index contributed by atoms with van der Waals surface area (Å²) >= 11 is 5.17. The van der Waals surface area contributed by atoms with Gasteiger partial charge < -0.3 is 4.98 Å². The highest BCUT2D eigenvalue weighted by Crippen LogP contribution is 2.11. The first-order valence-corrected chi connectivity index (χ1v) is 6.23. The summed E-state index contributed by atoms with van der Waals surface area (Å²) in [5.41, 5.74) is 3.73. The zero-order valence-electron chi connectivity index (χ0n) is 10.2. The van der Waals surface area contributed by atoms with Gasteiger partial charge in [-0.05, 0) is 30.5 Å². The minimum Gasteiger partial charge on any atom is -0.347 e. The minimum atomic E-state index is 0.671. The fourth-order valence-electron chi connectivity index (χ4n) is 1.83. The lowest BCUT2D eigenvalue weighted by Crippen LogP contribution is -2.01. The topological polar surface area (TPSA) is 28.7 Å². The Bertz CT molecular complexity index is 572. The third-order valence-corrected chi connectivity index (χ3v) is 3.06. The second kappa shape index (κ2) is 5.23. The van der Waals surface area contributed by atoms with Gasteiger partial charge in [-0.25, -0.2) is 4.98 Å². The Labute approximate surface area is 107 Å². The van der Waals surface area contributed by atoms with E-state index in [9.17, 15) is 0 Å². The molecule has 0 aliphatic carbocycles. The molecule has 0 aliphatic rings. The van der Waals surface area contributed by atoms with Crippen LogP contribution in [0.15, 0.2) is 30.3 Å². The summed E-state index contributed by atoms with van der Waals surface area (Å²) in [5, 5.41) is 0. The Morgan fingerprint density at radius 1 is 1.29 bits per heavy atom. The summed E-state index contributed by atoms with van der Waals surface area (Å²) in [7, 11) is 0. The first kappa shape index (κ1) is 12.0. The van der Waals surface area contributed by atoms with Gasteiger partial charge in [0, 0.05) is 12.1 Å². The van der Waals surface area contributed by atoms with Gasteiger partial charge in [0.05, 0.1) is 0 Å². The number of hydrogen-bond donors (Lipinski definition) is 1. The summed E-state index contributed by atoms with van der Waals surface area (Å²) in [6.45, 7) is 4.23. The van der Waals surface area contributed by atoms with Crippen molar-refractivity contribution >= 4 is 12.2 Å². The maximum atomic E-state index is 5.17. The molecule has 0 radical (unpaired) electrons. The molecular formula is C14H16N2S. The number of aromatic nitrogens is 2. The normalized spacial score (nSPS) is 10.5. The monoisotopic (exact) mass is 244 g/mol. The van der Waals surface area contributed by atoms with E-state index in [1.165, 1.54) is 11.1 Å². The highest BCUT2D eigenvalue weighted by atomic mass is 32.1. The molecule has 0 spiro atoms. The van der Waals surface area contributed by atoms with Crippen molar-refractivity contribution in [1.82, 2.24) is 9.97 Å². The molecule has 1 N–H and O–H groups in total. The molecule has 0 amide bonds. The molecule has 17 heavy (non-hydrogen) atoms. The van der Waals surface area contributed by atoms with Crippen molar-refractivity contribution in [2.45, 2.75) is 26.7 Å². The van der Waals surface area contributed by atoms with Gasteiger partial charge in [0.1, 0.15) is 10.5 Å². The molecule has 1 heterocycles. The molecule has 0 fully saturated rings. The molecule has 0 unspecified atom stereocenters. The van der Waals surface area contributed by atoms with Gasteiger partial charge in [-0.15, -0.1) is 0 Å². The molecule has 0 bridgehead atoms. The molecule has 0 saturated carbocycles. The van der Waals surface area contributed by atoms with Crippen LogP contribution in [0.2, 0.25) is 0 Å². The fourth-order valence-corrected chi connectivity index (χ4v) is 2.08. The molecule has 0 atom stereocenters. The van der Waals surface area contributed by atoms with Gasteiger partial charge in [0.25, 0.3) is 0 Å². The molecule has 88 valence electrons. The van der Waals surface area contributed by atoms with E-state index in [-0.39, 0.29) is 0 Å². The van der Waals surface area contributed by atoms with E-state index >= 15 is 0 Å². The number of H-pyrrole nitrogens is 1. The smallest absolute Gasteiger partial charge is 0.130 e. The molecule has 0 aliphatic heterocycles. The predicted octanol–water partition coefficient (Wildman–Crippen LogP) is 3.60. The van der Waals surface area contributed by atoms with Gasteiger partial charge in [-0.3, -0.25) is 0 Å². The number of hydrogen-bond acceptors (Lipinski definition) is 2. The lowest BCUT2D eigenvalue weighted by molar-refractivity contribution is 0.896. The average molecular weight is 244 g/mol. The molecule has 0 saturated heterocycles. The van der Waals surface area contributed by atoms with Crippen molar-refractivity contribution in [3.8, 4) is 0 Å². The van der Waals surface area contributed by atoms with Crippen LogP contribution in [0.25, 0.3) is 0 Å². The van der Waals surface area contributed by atoms with Gasteiger partial charge >= 0.3 is 0 Å². The van der Waals surface area contributed by atoms with E-state index in [4.69, 9.17) is 12.2 Å². The summed E-state index contributed by atoms with van der Waals surface area (Å²) in [6, 6.07) is 10.3. The zero-order chi connectivity index (χ0) is 12.3. The molecule has 1 aromatic heterocycles. The van der Waals surface area contributed by atoms with Gasteiger partial charge in [-0.2, -0.15) is 0 Å². The highest BCUT2D eigenvalue weighted by Gasteiger charge is 2.02. The van der Waals surface area contributed by atoms with Crippen molar-refractivity contribution in [2.75, 3.05) is 0 Å². The summed E-state index contributed by atoms with van der Waals surface area (Å²) in [4.78, 5) is 7.71. The van der Waals surface area contributed by atoms with Crippen LogP contribution in [0.5, 0.6) is 0 Å². The first-order chi connectivity index (χ1) is 8.19.